The summed E-state index contributed by atoms with van der Waals surface area (Å²) in [5.74, 6) is 0.0435. The average molecular weight is 252 g/mol. The van der Waals surface area contributed by atoms with E-state index in [0.29, 0.717) is 25.2 Å². The lowest BCUT2D eigenvalue weighted by atomic mass is 10.1. The smallest absolute Gasteiger partial charge is 0.222 e. The van der Waals surface area contributed by atoms with E-state index in [9.17, 15) is 4.79 Å². The second kappa shape index (κ2) is 6.39. The fourth-order valence-electron chi connectivity index (χ4n) is 2.06. The summed E-state index contributed by atoms with van der Waals surface area (Å²) in [4.78, 5) is 11.7. The molecule has 1 aliphatic heterocycles. The van der Waals surface area contributed by atoms with E-state index in [-0.39, 0.29) is 12.0 Å². The molecule has 0 bridgehead atoms. The minimum Gasteiger partial charge on any atom is -0.396 e. The summed E-state index contributed by atoms with van der Waals surface area (Å²) in [6.45, 7) is 1.98. The molecule has 1 aromatic rings. The fourth-order valence-corrected chi connectivity index (χ4v) is 2.06. The van der Waals surface area contributed by atoms with Gasteiger partial charge in [0.15, 0.2) is 0 Å². The minimum absolute atomic E-state index is 0.0435. The normalized spacial score (nSPS) is 19.7. The molecule has 1 aliphatic rings. The van der Waals surface area contributed by atoms with Crippen LogP contribution >= 0.6 is 0 Å². The zero-order valence-electron chi connectivity index (χ0n) is 10.5. The Morgan fingerprint density at radius 3 is 3.17 bits per heavy atom. The predicted octanol–water partition coefficient (Wildman–Crippen LogP) is 0.541. The Balaban J connectivity index is 1.62. The number of nitrogens with two attached hydrogens (primary N) is 1. The molecule has 0 aliphatic carbocycles. The van der Waals surface area contributed by atoms with Crippen molar-refractivity contribution in [3.8, 4) is 0 Å². The van der Waals surface area contributed by atoms with Crippen molar-refractivity contribution < 1.29 is 9.53 Å². The van der Waals surface area contributed by atoms with Gasteiger partial charge >= 0.3 is 0 Å². The Morgan fingerprint density at radius 2 is 2.50 bits per heavy atom. The molecule has 6 nitrogen and oxygen atoms in total. The lowest BCUT2D eigenvalue weighted by Gasteiger charge is -2.21. The average Bonchev–Trinajstić information content (AvgIpc) is 2.76. The van der Waals surface area contributed by atoms with E-state index < -0.39 is 0 Å². The maximum absolute atomic E-state index is 11.7. The number of amides is 1. The van der Waals surface area contributed by atoms with Crippen molar-refractivity contribution >= 4 is 11.6 Å². The maximum Gasteiger partial charge on any atom is 0.222 e. The molecule has 6 heteroatoms. The molecule has 0 spiro atoms. The van der Waals surface area contributed by atoms with E-state index in [1.807, 2.05) is 0 Å². The molecular formula is C12H20N4O2. The lowest BCUT2D eigenvalue weighted by Crippen LogP contribution is -2.32. The number of ether oxygens (including phenoxy) is 1. The summed E-state index contributed by atoms with van der Waals surface area (Å²) >= 11 is 0. The van der Waals surface area contributed by atoms with Crippen LogP contribution in [0.2, 0.25) is 0 Å². The summed E-state index contributed by atoms with van der Waals surface area (Å²) in [5.41, 5.74) is 6.18. The molecule has 18 heavy (non-hydrogen) atoms. The predicted molar refractivity (Wildman–Crippen MR) is 67.9 cm³/mol. The molecule has 0 aromatic carbocycles. The first-order valence-electron chi connectivity index (χ1n) is 6.40. The standard InChI is InChI=1S/C12H20N4O2/c13-10-8-15-16(9-10)5-4-14-12(17)7-11-3-1-2-6-18-11/h8-9,11H,1-7,13H2,(H,14,17). The van der Waals surface area contributed by atoms with Gasteiger partial charge < -0.3 is 15.8 Å². The van der Waals surface area contributed by atoms with Gasteiger partial charge in [-0.3, -0.25) is 9.48 Å². The Kier molecular flexibility index (Phi) is 4.58. The maximum atomic E-state index is 11.7. The van der Waals surface area contributed by atoms with Gasteiger partial charge in [-0.15, -0.1) is 0 Å². The van der Waals surface area contributed by atoms with E-state index in [1.54, 1.807) is 17.1 Å². The molecule has 1 atom stereocenters. The summed E-state index contributed by atoms with van der Waals surface area (Å²) in [6, 6.07) is 0. The fraction of sp³-hybridized carbons (Fsp3) is 0.667. The molecule has 1 unspecified atom stereocenters. The lowest BCUT2D eigenvalue weighted by molar-refractivity contribution is -0.124. The van der Waals surface area contributed by atoms with E-state index in [4.69, 9.17) is 10.5 Å². The van der Waals surface area contributed by atoms with Crippen LogP contribution < -0.4 is 11.1 Å². The third-order valence-corrected chi connectivity index (χ3v) is 3.00. The van der Waals surface area contributed by atoms with Crippen molar-refractivity contribution in [2.24, 2.45) is 0 Å². The SMILES string of the molecule is Nc1cnn(CCNC(=O)CC2CCCCO2)c1. The van der Waals surface area contributed by atoms with E-state index in [0.717, 1.165) is 25.9 Å². The summed E-state index contributed by atoms with van der Waals surface area (Å²) in [6.07, 6.45) is 7.15. The molecule has 1 amide bonds. The first-order chi connectivity index (χ1) is 8.74. The van der Waals surface area contributed by atoms with Crippen molar-refractivity contribution in [3.05, 3.63) is 12.4 Å². The highest BCUT2D eigenvalue weighted by Gasteiger charge is 2.17. The Hall–Kier alpha value is -1.56. The van der Waals surface area contributed by atoms with Crippen LogP contribution in [0.15, 0.2) is 12.4 Å². The summed E-state index contributed by atoms with van der Waals surface area (Å²) in [5, 5.41) is 6.91. The Bertz CT molecular complexity index is 385. The van der Waals surface area contributed by atoms with Gasteiger partial charge in [-0.1, -0.05) is 0 Å². The van der Waals surface area contributed by atoms with E-state index in [1.165, 1.54) is 0 Å². The number of nitrogens with zero attached hydrogens (tertiary/aromatic N) is 2. The molecular weight excluding hydrogens is 232 g/mol. The highest BCUT2D eigenvalue weighted by molar-refractivity contribution is 5.76. The number of anilines is 1. The highest BCUT2D eigenvalue weighted by Crippen LogP contribution is 2.15. The van der Waals surface area contributed by atoms with Gasteiger partial charge in [-0.2, -0.15) is 5.10 Å². The van der Waals surface area contributed by atoms with Crippen LogP contribution in [0, 0.1) is 0 Å². The molecule has 1 fully saturated rings. The molecule has 1 aromatic heterocycles. The zero-order valence-corrected chi connectivity index (χ0v) is 10.5. The molecule has 3 N–H and O–H groups in total. The molecule has 2 heterocycles. The number of hydrogen-bond acceptors (Lipinski definition) is 4. The van der Waals surface area contributed by atoms with Crippen LogP contribution in [0.4, 0.5) is 5.69 Å². The van der Waals surface area contributed by atoms with E-state index >= 15 is 0 Å². The van der Waals surface area contributed by atoms with Crippen molar-refractivity contribution in [2.45, 2.75) is 38.3 Å². The van der Waals surface area contributed by atoms with Crippen LogP contribution in [-0.4, -0.2) is 34.9 Å². The highest BCUT2D eigenvalue weighted by atomic mass is 16.5. The third kappa shape index (κ3) is 4.03. The first kappa shape index (κ1) is 12.9. The van der Waals surface area contributed by atoms with Crippen LogP contribution in [-0.2, 0) is 16.1 Å². The van der Waals surface area contributed by atoms with Gasteiger partial charge in [0, 0.05) is 19.3 Å². The van der Waals surface area contributed by atoms with Gasteiger partial charge in [-0.05, 0) is 19.3 Å². The molecule has 2 rings (SSSR count). The molecule has 0 radical (unpaired) electrons. The van der Waals surface area contributed by atoms with Crippen LogP contribution in [0.1, 0.15) is 25.7 Å². The van der Waals surface area contributed by atoms with Gasteiger partial charge in [0.25, 0.3) is 0 Å². The summed E-state index contributed by atoms with van der Waals surface area (Å²) < 4.78 is 7.24. The van der Waals surface area contributed by atoms with Crippen LogP contribution in [0.25, 0.3) is 0 Å². The number of aromatic nitrogens is 2. The Morgan fingerprint density at radius 1 is 1.61 bits per heavy atom. The van der Waals surface area contributed by atoms with Crippen molar-refractivity contribution in [3.63, 3.8) is 0 Å². The summed E-state index contributed by atoms with van der Waals surface area (Å²) in [7, 11) is 0. The third-order valence-electron chi connectivity index (χ3n) is 3.00. The number of carbonyl (C=O) groups is 1. The van der Waals surface area contributed by atoms with Gasteiger partial charge in [0.2, 0.25) is 5.91 Å². The van der Waals surface area contributed by atoms with E-state index in [2.05, 4.69) is 10.4 Å². The largest absolute Gasteiger partial charge is 0.396 e. The van der Waals surface area contributed by atoms with Crippen molar-refractivity contribution in [1.82, 2.24) is 15.1 Å². The van der Waals surface area contributed by atoms with Crippen LogP contribution in [0.3, 0.4) is 0 Å². The van der Waals surface area contributed by atoms with Crippen molar-refractivity contribution in [2.75, 3.05) is 18.9 Å². The first-order valence-corrected chi connectivity index (χ1v) is 6.40. The minimum atomic E-state index is 0.0435. The number of rotatable bonds is 5. The Labute approximate surface area is 106 Å². The second-order valence-corrected chi connectivity index (χ2v) is 4.58. The number of nitrogens with one attached hydrogen (secondary N) is 1. The quantitative estimate of drug-likeness (QED) is 0.801. The molecule has 0 saturated carbocycles. The topological polar surface area (TPSA) is 82.2 Å². The number of carbonyl (C=O) groups excluding carboxylic acids is 1. The van der Waals surface area contributed by atoms with Crippen molar-refractivity contribution in [1.29, 1.82) is 0 Å². The zero-order chi connectivity index (χ0) is 12.8. The van der Waals surface area contributed by atoms with Crippen LogP contribution in [0.5, 0.6) is 0 Å². The second-order valence-electron chi connectivity index (χ2n) is 4.58. The van der Waals surface area contributed by atoms with Gasteiger partial charge in [-0.25, -0.2) is 0 Å². The number of hydrogen-bond donors (Lipinski definition) is 2. The number of nitrogen functional groups attached to an aromatic ring is 1. The monoisotopic (exact) mass is 252 g/mol. The van der Waals surface area contributed by atoms with Gasteiger partial charge in [0.1, 0.15) is 0 Å². The molecule has 1 saturated heterocycles. The molecule has 100 valence electrons. The van der Waals surface area contributed by atoms with Gasteiger partial charge in [0.05, 0.1) is 31.0 Å².